The SMILES string of the molecule is CC(C)(C)OC(=O)N[C@@H]1CCN(c2nc3ccccc3n2Cc2c(Cl)cccc2Cl)C1. The second kappa shape index (κ2) is 8.60. The van der Waals surface area contributed by atoms with Crippen molar-refractivity contribution in [1.82, 2.24) is 14.9 Å². The van der Waals surface area contributed by atoms with Gasteiger partial charge in [0.25, 0.3) is 0 Å². The zero-order valence-electron chi connectivity index (χ0n) is 17.9. The Morgan fingerprint density at radius 2 is 1.87 bits per heavy atom. The summed E-state index contributed by atoms with van der Waals surface area (Å²) >= 11 is 12.9. The Kier molecular flexibility index (Phi) is 6.04. The van der Waals surface area contributed by atoms with Gasteiger partial charge in [0.1, 0.15) is 5.60 Å². The first-order valence-electron chi connectivity index (χ1n) is 10.3. The number of nitrogens with one attached hydrogen (secondary N) is 1. The van der Waals surface area contributed by atoms with Crippen LogP contribution >= 0.6 is 23.2 Å². The Morgan fingerprint density at radius 3 is 2.58 bits per heavy atom. The molecule has 6 nitrogen and oxygen atoms in total. The van der Waals surface area contributed by atoms with E-state index in [2.05, 4.69) is 14.8 Å². The van der Waals surface area contributed by atoms with Crippen molar-refractivity contribution < 1.29 is 9.53 Å². The van der Waals surface area contributed by atoms with Crippen molar-refractivity contribution in [2.24, 2.45) is 0 Å². The normalized spacial score (nSPS) is 16.7. The molecule has 0 unspecified atom stereocenters. The first-order chi connectivity index (χ1) is 14.7. The topological polar surface area (TPSA) is 59.4 Å². The van der Waals surface area contributed by atoms with Crippen LogP contribution in [0.2, 0.25) is 10.0 Å². The molecule has 0 spiro atoms. The van der Waals surface area contributed by atoms with Gasteiger partial charge in [-0.2, -0.15) is 0 Å². The lowest BCUT2D eigenvalue weighted by Gasteiger charge is -2.22. The van der Waals surface area contributed by atoms with Crippen molar-refractivity contribution >= 4 is 46.3 Å². The predicted molar refractivity (Wildman–Crippen MR) is 125 cm³/mol. The molecule has 0 radical (unpaired) electrons. The number of amides is 1. The number of fused-ring (bicyclic) bond motifs is 1. The van der Waals surface area contributed by atoms with E-state index in [1.54, 1.807) is 0 Å². The quantitative estimate of drug-likeness (QED) is 0.558. The van der Waals surface area contributed by atoms with Gasteiger partial charge in [-0.15, -0.1) is 0 Å². The number of alkyl carbamates (subject to hydrolysis) is 1. The van der Waals surface area contributed by atoms with Crippen LogP contribution in [0.15, 0.2) is 42.5 Å². The third kappa shape index (κ3) is 4.91. The van der Waals surface area contributed by atoms with E-state index in [9.17, 15) is 4.79 Å². The van der Waals surface area contributed by atoms with E-state index < -0.39 is 11.7 Å². The molecule has 1 saturated heterocycles. The zero-order valence-corrected chi connectivity index (χ0v) is 19.4. The molecular weight excluding hydrogens is 435 g/mol. The van der Waals surface area contributed by atoms with E-state index in [1.807, 2.05) is 63.2 Å². The molecular formula is C23H26Cl2N4O2. The first kappa shape index (κ1) is 21.8. The van der Waals surface area contributed by atoms with Crippen LogP contribution in [0, 0.1) is 0 Å². The molecule has 1 aliphatic rings. The van der Waals surface area contributed by atoms with E-state index in [0.717, 1.165) is 35.5 Å². The van der Waals surface area contributed by atoms with E-state index in [1.165, 1.54) is 0 Å². The van der Waals surface area contributed by atoms with E-state index >= 15 is 0 Å². The third-order valence-corrected chi connectivity index (χ3v) is 5.91. The number of carbonyl (C=O) groups excluding carboxylic acids is 1. The molecule has 164 valence electrons. The van der Waals surface area contributed by atoms with Crippen molar-refractivity contribution in [3.8, 4) is 0 Å². The van der Waals surface area contributed by atoms with Gasteiger partial charge in [-0.25, -0.2) is 9.78 Å². The number of carbonyl (C=O) groups is 1. The van der Waals surface area contributed by atoms with Gasteiger partial charge in [0, 0.05) is 28.7 Å². The summed E-state index contributed by atoms with van der Waals surface area (Å²) in [6, 6.07) is 13.5. The number of rotatable bonds is 4. The van der Waals surface area contributed by atoms with Crippen molar-refractivity contribution in [2.45, 2.75) is 45.4 Å². The van der Waals surface area contributed by atoms with Crippen LogP contribution in [0.3, 0.4) is 0 Å². The van der Waals surface area contributed by atoms with Crippen molar-refractivity contribution in [2.75, 3.05) is 18.0 Å². The van der Waals surface area contributed by atoms with Crippen LogP contribution in [0.5, 0.6) is 0 Å². The van der Waals surface area contributed by atoms with Crippen LogP contribution in [0.1, 0.15) is 32.8 Å². The number of imidazole rings is 1. The zero-order chi connectivity index (χ0) is 22.2. The molecule has 1 aliphatic heterocycles. The van der Waals surface area contributed by atoms with E-state index in [-0.39, 0.29) is 6.04 Å². The standard InChI is InChI=1S/C23H26Cl2N4O2/c1-23(2,3)31-22(30)26-15-11-12-28(13-15)21-27-19-9-4-5-10-20(19)29(21)14-16-17(24)7-6-8-18(16)25/h4-10,15H,11-14H2,1-3H3,(H,26,30)/t15-/m1/s1. The Hall–Kier alpha value is -2.44. The summed E-state index contributed by atoms with van der Waals surface area (Å²) in [4.78, 5) is 19.2. The van der Waals surface area contributed by atoms with E-state index in [4.69, 9.17) is 32.9 Å². The molecule has 1 atom stereocenters. The summed E-state index contributed by atoms with van der Waals surface area (Å²) in [5.41, 5.74) is 2.25. The Balaban J connectivity index is 1.60. The minimum absolute atomic E-state index is 0.00739. The molecule has 1 amide bonds. The summed E-state index contributed by atoms with van der Waals surface area (Å²) in [5.74, 6) is 0.839. The number of ether oxygens (including phenoxy) is 1. The highest BCUT2D eigenvalue weighted by atomic mass is 35.5. The first-order valence-corrected chi connectivity index (χ1v) is 11.1. The molecule has 2 aromatic carbocycles. The largest absolute Gasteiger partial charge is 0.444 e. The van der Waals surface area contributed by atoms with Crippen LogP contribution in [-0.2, 0) is 11.3 Å². The van der Waals surface area contributed by atoms with Gasteiger partial charge in [0.2, 0.25) is 5.95 Å². The minimum atomic E-state index is -0.523. The summed E-state index contributed by atoms with van der Waals surface area (Å²) in [6.45, 7) is 7.51. The number of aromatic nitrogens is 2. The lowest BCUT2D eigenvalue weighted by Crippen LogP contribution is -2.40. The van der Waals surface area contributed by atoms with Gasteiger partial charge in [-0.1, -0.05) is 41.4 Å². The molecule has 3 aromatic rings. The lowest BCUT2D eigenvalue weighted by atomic mass is 10.2. The number of hydrogen-bond donors (Lipinski definition) is 1. The van der Waals surface area contributed by atoms with Gasteiger partial charge in [-0.05, 0) is 51.5 Å². The van der Waals surface area contributed by atoms with Crippen LogP contribution < -0.4 is 10.2 Å². The van der Waals surface area contributed by atoms with Gasteiger partial charge in [0.05, 0.1) is 23.6 Å². The van der Waals surface area contributed by atoms with Crippen LogP contribution in [0.4, 0.5) is 10.7 Å². The minimum Gasteiger partial charge on any atom is -0.444 e. The fourth-order valence-electron chi connectivity index (χ4n) is 3.84. The number of nitrogens with zero attached hydrogens (tertiary/aromatic N) is 3. The van der Waals surface area contributed by atoms with Gasteiger partial charge < -0.3 is 19.5 Å². The summed E-state index contributed by atoms with van der Waals surface area (Å²) in [5, 5.41) is 4.23. The summed E-state index contributed by atoms with van der Waals surface area (Å²) in [7, 11) is 0. The fraction of sp³-hybridized carbons (Fsp3) is 0.391. The Labute approximate surface area is 192 Å². The highest BCUT2D eigenvalue weighted by Crippen LogP contribution is 2.31. The second-order valence-corrected chi connectivity index (χ2v) is 9.58. The second-order valence-electron chi connectivity index (χ2n) is 8.76. The van der Waals surface area contributed by atoms with Crippen molar-refractivity contribution in [3.63, 3.8) is 0 Å². The molecule has 2 heterocycles. The average molecular weight is 461 g/mol. The maximum absolute atomic E-state index is 12.2. The molecule has 0 bridgehead atoms. The highest BCUT2D eigenvalue weighted by molar-refractivity contribution is 6.36. The number of halogens is 2. The van der Waals surface area contributed by atoms with Gasteiger partial charge >= 0.3 is 6.09 Å². The number of hydrogen-bond acceptors (Lipinski definition) is 4. The molecule has 0 saturated carbocycles. The number of benzene rings is 2. The molecule has 4 rings (SSSR count). The molecule has 1 N–H and O–H groups in total. The molecule has 0 aliphatic carbocycles. The average Bonchev–Trinajstić information content (AvgIpc) is 3.27. The number of anilines is 1. The molecule has 31 heavy (non-hydrogen) atoms. The molecule has 1 aromatic heterocycles. The predicted octanol–water partition coefficient (Wildman–Crippen LogP) is 5.49. The Bertz CT molecular complexity index is 1090. The van der Waals surface area contributed by atoms with Gasteiger partial charge in [0.15, 0.2) is 0 Å². The van der Waals surface area contributed by atoms with Crippen molar-refractivity contribution in [1.29, 1.82) is 0 Å². The van der Waals surface area contributed by atoms with Gasteiger partial charge in [-0.3, -0.25) is 0 Å². The maximum atomic E-state index is 12.2. The highest BCUT2D eigenvalue weighted by Gasteiger charge is 2.29. The molecule has 8 heteroatoms. The summed E-state index contributed by atoms with van der Waals surface area (Å²) < 4.78 is 7.54. The maximum Gasteiger partial charge on any atom is 0.407 e. The molecule has 1 fully saturated rings. The van der Waals surface area contributed by atoms with Crippen LogP contribution in [0.25, 0.3) is 11.0 Å². The number of para-hydroxylation sites is 2. The Morgan fingerprint density at radius 1 is 1.16 bits per heavy atom. The third-order valence-electron chi connectivity index (χ3n) is 5.20. The summed E-state index contributed by atoms with van der Waals surface area (Å²) in [6.07, 6.45) is 0.422. The lowest BCUT2D eigenvalue weighted by molar-refractivity contribution is 0.0509. The van der Waals surface area contributed by atoms with E-state index in [0.29, 0.717) is 23.1 Å². The smallest absolute Gasteiger partial charge is 0.407 e. The fourth-order valence-corrected chi connectivity index (χ4v) is 4.35. The van der Waals surface area contributed by atoms with Crippen LogP contribution in [-0.4, -0.2) is 40.4 Å². The monoisotopic (exact) mass is 460 g/mol. The van der Waals surface area contributed by atoms with Crippen molar-refractivity contribution in [3.05, 3.63) is 58.1 Å².